The molecule has 1 aliphatic rings. The second-order valence-corrected chi connectivity index (χ2v) is 9.64. The highest BCUT2D eigenvalue weighted by Gasteiger charge is 2.29. The van der Waals surface area contributed by atoms with Crippen molar-refractivity contribution in [2.45, 2.75) is 44.3 Å². The number of fused-ring (bicyclic) bond motifs is 1. The van der Waals surface area contributed by atoms with Gasteiger partial charge in [0.1, 0.15) is 5.75 Å². The molecule has 1 heterocycles. The van der Waals surface area contributed by atoms with Crippen LogP contribution in [0.4, 0.5) is 11.4 Å². The fourth-order valence-corrected chi connectivity index (χ4v) is 4.78. The van der Waals surface area contributed by atoms with Gasteiger partial charge in [-0.3, -0.25) is 9.59 Å². The van der Waals surface area contributed by atoms with Crippen LogP contribution >= 0.6 is 0 Å². The molecule has 154 valence electrons. The second kappa shape index (κ2) is 7.87. The highest BCUT2D eigenvalue weighted by molar-refractivity contribution is 7.92. The number of benzene rings is 2. The zero-order chi connectivity index (χ0) is 21.3. The second-order valence-electron chi connectivity index (χ2n) is 7.31. The van der Waals surface area contributed by atoms with E-state index >= 15 is 0 Å². The van der Waals surface area contributed by atoms with Crippen molar-refractivity contribution in [1.82, 2.24) is 0 Å². The molecule has 2 N–H and O–H groups in total. The number of sulfone groups is 1. The van der Waals surface area contributed by atoms with Gasteiger partial charge < -0.3 is 15.4 Å². The number of aryl methyl sites for hydroxylation is 2. The third-order valence-electron chi connectivity index (χ3n) is 5.10. The average molecular weight is 416 g/mol. The Morgan fingerprint density at radius 3 is 2.66 bits per heavy atom. The Morgan fingerprint density at radius 1 is 1.21 bits per heavy atom. The fourth-order valence-electron chi connectivity index (χ4n) is 3.20. The summed E-state index contributed by atoms with van der Waals surface area (Å²) >= 11 is 0. The van der Waals surface area contributed by atoms with Crippen LogP contribution in [0.15, 0.2) is 35.2 Å². The molecular weight excluding hydrogens is 392 g/mol. The zero-order valence-electron chi connectivity index (χ0n) is 16.8. The summed E-state index contributed by atoms with van der Waals surface area (Å²) < 4.78 is 31.5. The monoisotopic (exact) mass is 416 g/mol. The molecule has 2 aromatic carbocycles. The lowest BCUT2D eigenvalue weighted by molar-refractivity contribution is -0.118. The van der Waals surface area contributed by atoms with Crippen LogP contribution in [0.25, 0.3) is 0 Å². The lowest BCUT2D eigenvalue weighted by atomic mass is 10.1. The first kappa shape index (κ1) is 20.9. The molecule has 0 saturated heterocycles. The number of anilines is 2. The van der Waals surface area contributed by atoms with E-state index in [0.29, 0.717) is 22.7 Å². The molecule has 7 nitrogen and oxygen atoms in total. The van der Waals surface area contributed by atoms with Crippen molar-refractivity contribution in [2.75, 3.05) is 17.2 Å². The van der Waals surface area contributed by atoms with E-state index in [9.17, 15) is 18.0 Å². The van der Waals surface area contributed by atoms with Gasteiger partial charge in [-0.25, -0.2) is 8.42 Å². The summed E-state index contributed by atoms with van der Waals surface area (Å²) in [6.07, 6.45) is -0.177. The maximum absolute atomic E-state index is 13.1. The number of nitrogens with one attached hydrogen (secondary N) is 2. The van der Waals surface area contributed by atoms with Gasteiger partial charge in [-0.15, -0.1) is 0 Å². The van der Waals surface area contributed by atoms with Gasteiger partial charge in [0.15, 0.2) is 16.4 Å². The molecule has 0 fully saturated rings. The first-order valence-corrected chi connectivity index (χ1v) is 10.8. The lowest BCUT2D eigenvalue weighted by Crippen LogP contribution is -2.27. The van der Waals surface area contributed by atoms with E-state index in [1.807, 2.05) is 26.0 Å². The largest absolute Gasteiger partial charge is 0.482 e. The Labute approximate surface area is 170 Å². The van der Waals surface area contributed by atoms with E-state index in [2.05, 4.69) is 10.6 Å². The Hall–Kier alpha value is -2.87. The highest BCUT2D eigenvalue weighted by Crippen LogP contribution is 2.34. The number of hydrogen-bond donors (Lipinski definition) is 2. The molecule has 0 saturated carbocycles. The summed E-state index contributed by atoms with van der Waals surface area (Å²) in [5.41, 5.74) is 3.59. The molecule has 2 aromatic rings. The van der Waals surface area contributed by atoms with Crippen molar-refractivity contribution in [2.24, 2.45) is 0 Å². The van der Waals surface area contributed by atoms with Crippen molar-refractivity contribution in [3.05, 3.63) is 47.0 Å². The molecule has 8 heteroatoms. The average Bonchev–Trinajstić information content (AvgIpc) is 2.64. The molecule has 3 rings (SSSR count). The van der Waals surface area contributed by atoms with Crippen LogP contribution in [0.5, 0.6) is 5.75 Å². The number of carbonyl (C=O) groups is 2. The van der Waals surface area contributed by atoms with Gasteiger partial charge in [-0.05, 0) is 56.5 Å². The van der Waals surface area contributed by atoms with Gasteiger partial charge in [0.05, 0.1) is 15.8 Å². The summed E-state index contributed by atoms with van der Waals surface area (Å²) in [5, 5.41) is 4.53. The van der Waals surface area contributed by atoms with Crippen LogP contribution in [0.3, 0.4) is 0 Å². The number of ether oxygens (including phenoxy) is 1. The first-order chi connectivity index (χ1) is 13.6. The Balaban J connectivity index is 1.79. The maximum atomic E-state index is 13.1. The van der Waals surface area contributed by atoms with E-state index in [0.717, 1.165) is 11.1 Å². The minimum atomic E-state index is -3.78. The summed E-state index contributed by atoms with van der Waals surface area (Å²) in [7, 11) is -3.78. The third kappa shape index (κ3) is 4.27. The van der Waals surface area contributed by atoms with Gasteiger partial charge in [-0.2, -0.15) is 0 Å². The Kier molecular flexibility index (Phi) is 5.66. The summed E-state index contributed by atoms with van der Waals surface area (Å²) in [6, 6.07) is 8.56. The molecule has 2 amide bonds. The SMILES string of the molecule is Cc1cc2c(cc1S(=O)(=O)[C@H](C)CC(=O)Nc1cccc(C)c1C)OCC(=O)N2. The van der Waals surface area contributed by atoms with Crippen LogP contribution in [0.2, 0.25) is 0 Å². The smallest absolute Gasteiger partial charge is 0.262 e. The van der Waals surface area contributed by atoms with Crippen molar-refractivity contribution in [3.63, 3.8) is 0 Å². The van der Waals surface area contributed by atoms with Crippen molar-refractivity contribution in [3.8, 4) is 5.75 Å². The molecule has 0 bridgehead atoms. The Morgan fingerprint density at radius 2 is 1.93 bits per heavy atom. The summed E-state index contributed by atoms with van der Waals surface area (Å²) in [6.45, 7) is 6.85. The number of rotatable bonds is 5. The molecule has 0 aliphatic carbocycles. The van der Waals surface area contributed by atoms with Crippen LogP contribution in [-0.4, -0.2) is 32.1 Å². The predicted molar refractivity (Wildman–Crippen MR) is 111 cm³/mol. The molecule has 1 aliphatic heterocycles. The van der Waals surface area contributed by atoms with Gasteiger partial charge in [0.2, 0.25) is 5.91 Å². The zero-order valence-corrected chi connectivity index (χ0v) is 17.6. The topological polar surface area (TPSA) is 102 Å². The van der Waals surface area contributed by atoms with Crippen LogP contribution in [-0.2, 0) is 19.4 Å². The highest BCUT2D eigenvalue weighted by atomic mass is 32.2. The number of carbonyl (C=O) groups excluding carboxylic acids is 2. The van der Waals surface area contributed by atoms with E-state index in [4.69, 9.17) is 4.74 Å². The van der Waals surface area contributed by atoms with Gasteiger partial charge in [0.25, 0.3) is 5.91 Å². The minimum Gasteiger partial charge on any atom is -0.482 e. The molecule has 1 atom stereocenters. The Bertz CT molecular complexity index is 1090. The van der Waals surface area contributed by atoms with Crippen LogP contribution < -0.4 is 15.4 Å². The van der Waals surface area contributed by atoms with Crippen molar-refractivity contribution < 1.29 is 22.7 Å². The molecule has 0 radical (unpaired) electrons. The third-order valence-corrected chi connectivity index (χ3v) is 7.38. The van der Waals surface area contributed by atoms with E-state index in [1.165, 1.54) is 13.0 Å². The van der Waals surface area contributed by atoms with E-state index in [1.54, 1.807) is 19.1 Å². The molecule has 29 heavy (non-hydrogen) atoms. The maximum Gasteiger partial charge on any atom is 0.262 e. The summed E-state index contributed by atoms with van der Waals surface area (Å²) in [5.74, 6) is -0.348. The standard InChI is InChI=1S/C21H24N2O5S/c1-12-6-5-7-16(15(12)4)22-20(24)9-14(3)29(26,27)19-10-18-17(8-13(19)2)23-21(25)11-28-18/h5-8,10,14H,9,11H2,1-4H3,(H,22,24)(H,23,25)/t14-/m1/s1. The summed E-state index contributed by atoms with van der Waals surface area (Å²) in [4.78, 5) is 24.0. The van der Waals surface area contributed by atoms with E-state index < -0.39 is 15.1 Å². The van der Waals surface area contributed by atoms with Gasteiger partial charge in [0, 0.05) is 18.2 Å². The van der Waals surface area contributed by atoms with Gasteiger partial charge >= 0.3 is 0 Å². The van der Waals surface area contributed by atoms with Gasteiger partial charge in [-0.1, -0.05) is 12.1 Å². The molecule has 0 unspecified atom stereocenters. The quantitative estimate of drug-likeness (QED) is 0.780. The fraction of sp³-hybridized carbons (Fsp3) is 0.333. The molecule has 0 spiro atoms. The number of amides is 2. The van der Waals surface area contributed by atoms with Crippen molar-refractivity contribution in [1.29, 1.82) is 0 Å². The molecule has 0 aromatic heterocycles. The van der Waals surface area contributed by atoms with Crippen LogP contribution in [0, 0.1) is 20.8 Å². The first-order valence-electron chi connectivity index (χ1n) is 9.27. The normalized spacial score (nSPS) is 14.4. The number of hydrogen-bond acceptors (Lipinski definition) is 5. The molecular formula is C21H24N2O5S. The minimum absolute atomic E-state index is 0.0967. The van der Waals surface area contributed by atoms with E-state index in [-0.39, 0.29) is 29.7 Å². The lowest BCUT2D eigenvalue weighted by Gasteiger charge is -2.21. The van der Waals surface area contributed by atoms with Crippen molar-refractivity contribution >= 4 is 33.0 Å². The van der Waals surface area contributed by atoms with Crippen LogP contribution in [0.1, 0.15) is 30.0 Å². The predicted octanol–water partition coefficient (Wildman–Crippen LogP) is 3.13.